The average molecular weight is 331 g/mol. The van der Waals surface area contributed by atoms with E-state index < -0.39 is 34.5 Å². The van der Waals surface area contributed by atoms with Gasteiger partial charge < -0.3 is 5.11 Å². The average Bonchev–Trinajstić information content (AvgIpc) is 2.34. The Balaban J connectivity index is 2.64. The van der Waals surface area contributed by atoms with Gasteiger partial charge in [-0.05, 0) is 45.8 Å². The van der Waals surface area contributed by atoms with Gasteiger partial charge in [-0.3, -0.25) is 0 Å². The summed E-state index contributed by atoms with van der Waals surface area (Å²) in [4.78, 5) is 10.7. The van der Waals surface area contributed by atoms with Crippen LogP contribution in [0, 0.1) is 17.5 Å². The lowest BCUT2D eigenvalue weighted by atomic mass is 10.0. The predicted octanol–water partition coefficient (Wildman–Crippen LogP) is 4.23. The van der Waals surface area contributed by atoms with Crippen molar-refractivity contribution in [3.63, 3.8) is 0 Å². The van der Waals surface area contributed by atoms with E-state index >= 15 is 0 Å². The van der Waals surface area contributed by atoms with E-state index in [9.17, 15) is 18.0 Å². The third-order valence-electron chi connectivity index (χ3n) is 2.53. The number of carbonyl (C=O) groups is 1. The molecule has 2 rings (SSSR count). The molecule has 2 nitrogen and oxygen atoms in total. The smallest absolute Gasteiger partial charge is 0.338 e. The van der Waals surface area contributed by atoms with E-state index in [-0.39, 0.29) is 10.0 Å². The topological polar surface area (TPSA) is 37.3 Å². The quantitative estimate of drug-likeness (QED) is 0.836. The maximum absolute atomic E-state index is 13.8. The highest BCUT2D eigenvalue weighted by molar-refractivity contribution is 9.10. The summed E-state index contributed by atoms with van der Waals surface area (Å²) in [7, 11) is 0. The molecule has 98 valence electrons. The third kappa shape index (κ3) is 2.49. The summed E-state index contributed by atoms with van der Waals surface area (Å²) < 4.78 is 41.0. The molecule has 0 fully saturated rings. The van der Waals surface area contributed by atoms with Gasteiger partial charge in [0.15, 0.2) is 0 Å². The van der Waals surface area contributed by atoms with Crippen LogP contribution in [0.25, 0.3) is 11.1 Å². The van der Waals surface area contributed by atoms with Crippen LogP contribution < -0.4 is 0 Å². The summed E-state index contributed by atoms with van der Waals surface area (Å²) in [6.45, 7) is 0. The van der Waals surface area contributed by atoms with Gasteiger partial charge in [0.25, 0.3) is 0 Å². The van der Waals surface area contributed by atoms with Crippen LogP contribution in [0.1, 0.15) is 10.4 Å². The van der Waals surface area contributed by atoms with Crippen molar-refractivity contribution in [3.05, 3.63) is 57.8 Å². The minimum Gasteiger partial charge on any atom is -0.478 e. The van der Waals surface area contributed by atoms with Gasteiger partial charge in [0, 0.05) is 0 Å². The fraction of sp³-hybridized carbons (Fsp3) is 0. The first-order valence-electron chi connectivity index (χ1n) is 5.08. The molecule has 0 bridgehead atoms. The molecule has 0 amide bonds. The Hall–Kier alpha value is -1.82. The number of hydrogen-bond acceptors (Lipinski definition) is 1. The molecule has 1 N–H and O–H groups in total. The summed E-state index contributed by atoms with van der Waals surface area (Å²) in [5, 5.41) is 8.68. The number of halogens is 4. The second-order valence-electron chi connectivity index (χ2n) is 3.72. The second kappa shape index (κ2) is 5.05. The zero-order valence-electron chi connectivity index (χ0n) is 9.25. The monoisotopic (exact) mass is 330 g/mol. The minimum atomic E-state index is -1.45. The van der Waals surface area contributed by atoms with E-state index in [0.717, 1.165) is 24.3 Å². The number of rotatable bonds is 2. The van der Waals surface area contributed by atoms with E-state index in [0.29, 0.717) is 0 Å². The normalized spacial score (nSPS) is 10.5. The van der Waals surface area contributed by atoms with Crippen molar-refractivity contribution < 1.29 is 23.1 Å². The van der Waals surface area contributed by atoms with Crippen molar-refractivity contribution in [2.24, 2.45) is 0 Å². The van der Waals surface area contributed by atoms with Gasteiger partial charge in [-0.1, -0.05) is 6.07 Å². The molecular formula is C13H6BrF3O2. The molecule has 19 heavy (non-hydrogen) atoms. The van der Waals surface area contributed by atoms with E-state index in [4.69, 9.17) is 5.11 Å². The maximum atomic E-state index is 13.8. The van der Waals surface area contributed by atoms with Crippen LogP contribution in [0.2, 0.25) is 0 Å². The van der Waals surface area contributed by atoms with Crippen molar-refractivity contribution >= 4 is 21.9 Å². The molecule has 0 unspecified atom stereocenters. The third-order valence-corrected chi connectivity index (χ3v) is 3.14. The first-order valence-corrected chi connectivity index (χ1v) is 5.88. The highest BCUT2D eigenvalue weighted by Crippen LogP contribution is 2.31. The first-order chi connectivity index (χ1) is 8.91. The molecule has 0 aliphatic heterocycles. The van der Waals surface area contributed by atoms with Crippen LogP contribution >= 0.6 is 15.9 Å². The van der Waals surface area contributed by atoms with E-state index in [2.05, 4.69) is 15.9 Å². The lowest BCUT2D eigenvalue weighted by molar-refractivity contribution is 0.0692. The number of hydrogen-bond donors (Lipinski definition) is 1. The van der Waals surface area contributed by atoms with Crippen molar-refractivity contribution in [1.29, 1.82) is 0 Å². The fourth-order valence-electron chi connectivity index (χ4n) is 1.64. The van der Waals surface area contributed by atoms with Gasteiger partial charge in [0.05, 0.1) is 15.6 Å². The Bertz CT molecular complexity index is 671. The van der Waals surface area contributed by atoms with Crippen molar-refractivity contribution in [2.45, 2.75) is 0 Å². The van der Waals surface area contributed by atoms with Gasteiger partial charge in [-0.25, -0.2) is 18.0 Å². The lowest BCUT2D eigenvalue weighted by Gasteiger charge is -2.08. The lowest BCUT2D eigenvalue weighted by Crippen LogP contribution is -2.01. The Morgan fingerprint density at radius 2 is 1.74 bits per heavy atom. The van der Waals surface area contributed by atoms with Crippen LogP contribution in [0.15, 0.2) is 34.8 Å². The van der Waals surface area contributed by atoms with Gasteiger partial charge in [-0.15, -0.1) is 0 Å². The molecule has 0 spiro atoms. The van der Waals surface area contributed by atoms with Crippen LogP contribution in [0.4, 0.5) is 13.2 Å². The second-order valence-corrected chi connectivity index (χ2v) is 4.57. The molecular weight excluding hydrogens is 325 g/mol. The molecule has 0 aliphatic rings. The first kappa shape index (κ1) is 13.6. The van der Waals surface area contributed by atoms with Gasteiger partial charge in [0.1, 0.15) is 17.5 Å². The zero-order valence-corrected chi connectivity index (χ0v) is 10.8. The standard InChI is InChI=1S/C13H6BrF3O2/c14-8-3-4-9(15)11(12(8)17)6-1-2-7(13(18)19)10(16)5-6/h1-5H,(H,18,19). The van der Waals surface area contributed by atoms with Crippen LogP contribution in [-0.2, 0) is 0 Å². The number of carboxylic acid groups (broad SMARTS) is 1. The largest absolute Gasteiger partial charge is 0.478 e. The summed E-state index contributed by atoms with van der Waals surface area (Å²) >= 11 is 2.90. The van der Waals surface area contributed by atoms with Crippen molar-refractivity contribution in [3.8, 4) is 11.1 Å². The number of aromatic carboxylic acids is 1. The highest BCUT2D eigenvalue weighted by atomic mass is 79.9. The molecule has 6 heteroatoms. The maximum Gasteiger partial charge on any atom is 0.338 e. The van der Waals surface area contributed by atoms with Crippen LogP contribution in [-0.4, -0.2) is 11.1 Å². The Morgan fingerprint density at radius 3 is 2.32 bits per heavy atom. The molecule has 0 heterocycles. The van der Waals surface area contributed by atoms with Crippen LogP contribution in [0.5, 0.6) is 0 Å². The summed E-state index contributed by atoms with van der Waals surface area (Å²) in [6, 6.07) is 5.13. The van der Waals surface area contributed by atoms with Gasteiger partial charge >= 0.3 is 5.97 Å². The fourth-order valence-corrected chi connectivity index (χ4v) is 1.97. The highest BCUT2D eigenvalue weighted by Gasteiger charge is 2.17. The number of benzene rings is 2. The van der Waals surface area contributed by atoms with E-state index in [1.165, 1.54) is 6.07 Å². The molecule has 0 radical (unpaired) electrons. The summed E-state index contributed by atoms with van der Waals surface area (Å²) in [5.74, 6) is -4.23. The number of carboxylic acids is 1. The molecule has 0 saturated carbocycles. The summed E-state index contributed by atoms with van der Waals surface area (Å²) in [5.41, 5.74) is -1.04. The SMILES string of the molecule is O=C(O)c1ccc(-c2c(F)ccc(Br)c2F)cc1F. The van der Waals surface area contributed by atoms with Crippen molar-refractivity contribution in [2.75, 3.05) is 0 Å². The molecule has 0 aliphatic carbocycles. The van der Waals surface area contributed by atoms with Gasteiger partial charge in [0.2, 0.25) is 0 Å². The Labute approximate surface area is 114 Å². The molecule has 0 atom stereocenters. The van der Waals surface area contributed by atoms with Crippen LogP contribution in [0.3, 0.4) is 0 Å². The van der Waals surface area contributed by atoms with E-state index in [1.807, 2.05) is 0 Å². The Kier molecular flexibility index (Phi) is 3.61. The molecule has 2 aromatic carbocycles. The summed E-state index contributed by atoms with van der Waals surface area (Å²) in [6.07, 6.45) is 0. The molecule has 0 aromatic heterocycles. The van der Waals surface area contributed by atoms with E-state index in [1.54, 1.807) is 0 Å². The molecule has 2 aromatic rings. The van der Waals surface area contributed by atoms with Gasteiger partial charge in [-0.2, -0.15) is 0 Å². The predicted molar refractivity (Wildman–Crippen MR) is 66.4 cm³/mol. The Morgan fingerprint density at radius 1 is 1.05 bits per heavy atom. The van der Waals surface area contributed by atoms with Crippen molar-refractivity contribution in [1.82, 2.24) is 0 Å². The zero-order chi connectivity index (χ0) is 14.2. The molecule has 0 saturated heterocycles. The minimum absolute atomic E-state index is 0.0339.